The van der Waals surface area contributed by atoms with E-state index in [4.69, 9.17) is 16.3 Å². The van der Waals surface area contributed by atoms with Gasteiger partial charge in [0.2, 0.25) is 5.95 Å². The molecule has 2 aromatic rings. The van der Waals surface area contributed by atoms with Gasteiger partial charge in [-0.3, -0.25) is 0 Å². The quantitative estimate of drug-likeness (QED) is 0.760. The molecule has 0 bridgehead atoms. The van der Waals surface area contributed by atoms with Gasteiger partial charge in [0.25, 0.3) is 0 Å². The zero-order valence-corrected chi connectivity index (χ0v) is 9.35. The van der Waals surface area contributed by atoms with E-state index >= 15 is 0 Å². The molecule has 1 aromatic carbocycles. The van der Waals surface area contributed by atoms with Gasteiger partial charge in [0, 0.05) is 12.1 Å². The number of nitrogens with zero attached hydrogens (tertiary/aromatic N) is 4. The number of fused-ring (bicyclic) bond motifs is 1. The molecule has 0 N–H and O–H groups in total. The Hall–Kier alpha value is -1.75. The van der Waals surface area contributed by atoms with E-state index in [2.05, 4.69) is 10.1 Å². The monoisotopic (exact) mass is 236 g/mol. The van der Waals surface area contributed by atoms with Gasteiger partial charge in [-0.1, -0.05) is 11.6 Å². The van der Waals surface area contributed by atoms with Crippen molar-refractivity contribution in [3.8, 4) is 0 Å². The molecule has 3 rings (SSSR count). The molecular formula is C10H9ClN4O. The van der Waals surface area contributed by atoms with Crippen molar-refractivity contribution in [2.24, 2.45) is 12.1 Å². The van der Waals surface area contributed by atoms with Gasteiger partial charge < -0.3 is 9.30 Å². The molecule has 0 unspecified atom stereocenters. The summed E-state index contributed by atoms with van der Waals surface area (Å²) in [5, 5.41) is 6.44. The SMILES string of the molecule is Cn1c(N2COC=N2)nc2ccc(Cl)cc21. The van der Waals surface area contributed by atoms with Gasteiger partial charge in [-0.05, 0) is 18.2 Å². The summed E-state index contributed by atoms with van der Waals surface area (Å²) in [5.41, 5.74) is 1.87. The van der Waals surface area contributed by atoms with Crippen LogP contribution >= 0.6 is 11.6 Å². The standard InChI is InChI=1S/C10H9ClN4O/c1-14-9-4-7(11)2-3-8(9)13-10(14)15-6-16-5-12-15/h2-5H,6H2,1H3. The number of halogens is 1. The molecule has 0 saturated heterocycles. The summed E-state index contributed by atoms with van der Waals surface area (Å²) in [6.07, 6.45) is 1.41. The molecule has 0 saturated carbocycles. The van der Waals surface area contributed by atoms with Crippen LogP contribution < -0.4 is 5.01 Å². The Morgan fingerprint density at radius 2 is 2.31 bits per heavy atom. The van der Waals surface area contributed by atoms with E-state index in [1.165, 1.54) is 6.40 Å². The largest absolute Gasteiger partial charge is 0.459 e. The van der Waals surface area contributed by atoms with Gasteiger partial charge in [-0.15, -0.1) is 5.10 Å². The second kappa shape index (κ2) is 3.38. The van der Waals surface area contributed by atoms with Crippen LogP contribution in [0.2, 0.25) is 5.02 Å². The lowest BCUT2D eigenvalue weighted by atomic mass is 10.3. The number of aromatic nitrogens is 2. The Bertz CT molecular complexity index is 577. The summed E-state index contributed by atoms with van der Waals surface area (Å²) in [6.45, 7) is 0.394. The first-order valence-corrected chi connectivity index (χ1v) is 5.17. The minimum Gasteiger partial charge on any atom is -0.459 e. The van der Waals surface area contributed by atoms with Crippen molar-refractivity contribution in [1.82, 2.24) is 9.55 Å². The molecule has 82 valence electrons. The van der Waals surface area contributed by atoms with Crippen molar-refractivity contribution >= 4 is 35.0 Å². The first-order valence-electron chi connectivity index (χ1n) is 4.79. The average molecular weight is 237 g/mol. The fourth-order valence-electron chi connectivity index (χ4n) is 1.72. The molecule has 5 nitrogen and oxygen atoms in total. The summed E-state index contributed by atoms with van der Waals surface area (Å²) in [7, 11) is 1.93. The molecule has 0 radical (unpaired) electrons. The molecule has 1 aliphatic heterocycles. The number of rotatable bonds is 1. The Morgan fingerprint density at radius 1 is 1.44 bits per heavy atom. The second-order valence-electron chi connectivity index (χ2n) is 3.52. The highest BCUT2D eigenvalue weighted by molar-refractivity contribution is 6.31. The predicted octanol–water partition coefficient (Wildman–Crippen LogP) is 1.96. The van der Waals surface area contributed by atoms with Gasteiger partial charge in [-0.2, -0.15) is 5.01 Å². The first kappa shape index (κ1) is 9.47. The Balaban J connectivity index is 2.19. The highest BCUT2D eigenvalue weighted by Crippen LogP contribution is 2.24. The molecule has 2 heterocycles. The van der Waals surface area contributed by atoms with Crippen molar-refractivity contribution in [3.63, 3.8) is 0 Å². The van der Waals surface area contributed by atoms with E-state index < -0.39 is 0 Å². The molecule has 6 heteroatoms. The average Bonchev–Trinajstić information content (AvgIpc) is 2.87. The third kappa shape index (κ3) is 1.32. The van der Waals surface area contributed by atoms with E-state index in [-0.39, 0.29) is 0 Å². The zero-order valence-electron chi connectivity index (χ0n) is 8.59. The lowest BCUT2D eigenvalue weighted by Gasteiger charge is -2.10. The fourth-order valence-corrected chi connectivity index (χ4v) is 1.88. The summed E-state index contributed by atoms with van der Waals surface area (Å²) in [6, 6.07) is 5.60. The van der Waals surface area contributed by atoms with Crippen LogP contribution in [0.4, 0.5) is 5.95 Å². The lowest BCUT2D eigenvalue weighted by Crippen LogP contribution is -2.16. The maximum absolute atomic E-state index is 5.95. The molecule has 1 aromatic heterocycles. The lowest BCUT2D eigenvalue weighted by molar-refractivity contribution is 0.347. The van der Waals surface area contributed by atoms with E-state index in [0.717, 1.165) is 17.0 Å². The van der Waals surface area contributed by atoms with Crippen molar-refractivity contribution in [2.45, 2.75) is 0 Å². The highest BCUT2D eigenvalue weighted by Gasteiger charge is 2.17. The number of ether oxygens (including phenoxy) is 1. The van der Waals surface area contributed by atoms with Crippen LogP contribution in [-0.2, 0) is 11.8 Å². The van der Waals surface area contributed by atoms with E-state index in [1.54, 1.807) is 5.01 Å². The maximum atomic E-state index is 5.95. The van der Waals surface area contributed by atoms with Gasteiger partial charge in [0.1, 0.15) is 0 Å². The number of hydrogen-bond acceptors (Lipinski definition) is 4. The number of hydrazone groups is 1. The third-order valence-corrected chi connectivity index (χ3v) is 2.74. The van der Waals surface area contributed by atoms with Crippen LogP contribution in [0.15, 0.2) is 23.3 Å². The van der Waals surface area contributed by atoms with E-state index in [9.17, 15) is 0 Å². The first-order chi connectivity index (χ1) is 7.75. The molecule has 0 atom stereocenters. The smallest absolute Gasteiger partial charge is 0.230 e. The van der Waals surface area contributed by atoms with Crippen LogP contribution in [0.1, 0.15) is 0 Å². The Labute approximate surface area is 96.9 Å². The second-order valence-corrected chi connectivity index (χ2v) is 3.96. The topological polar surface area (TPSA) is 42.6 Å². The molecule has 1 aliphatic rings. The predicted molar refractivity (Wildman–Crippen MR) is 62.6 cm³/mol. The van der Waals surface area contributed by atoms with Crippen LogP contribution in [0, 0.1) is 0 Å². The van der Waals surface area contributed by atoms with E-state index in [0.29, 0.717) is 11.8 Å². The van der Waals surface area contributed by atoms with Crippen LogP contribution in [-0.4, -0.2) is 22.7 Å². The van der Waals surface area contributed by atoms with Crippen LogP contribution in [0.25, 0.3) is 11.0 Å². The van der Waals surface area contributed by atoms with Crippen molar-refractivity contribution in [3.05, 3.63) is 23.2 Å². The third-order valence-electron chi connectivity index (χ3n) is 2.51. The fraction of sp³-hybridized carbons (Fsp3) is 0.200. The molecule has 0 amide bonds. The van der Waals surface area contributed by atoms with Crippen LogP contribution in [0.3, 0.4) is 0 Å². The number of hydrogen-bond donors (Lipinski definition) is 0. The Kier molecular flexibility index (Phi) is 2.00. The van der Waals surface area contributed by atoms with Gasteiger partial charge in [0.15, 0.2) is 13.1 Å². The number of aryl methyl sites for hydroxylation is 1. The molecule has 16 heavy (non-hydrogen) atoms. The van der Waals surface area contributed by atoms with Gasteiger partial charge in [-0.25, -0.2) is 4.98 Å². The minimum atomic E-state index is 0.394. The summed E-state index contributed by atoms with van der Waals surface area (Å²) >= 11 is 5.95. The van der Waals surface area contributed by atoms with Gasteiger partial charge >= 0.3 is 0 Å². The minimum absolute atomic E-state index is 0.394. The Morgan fingerprint density at radius 3 is 3.06 bits per heavy atom. The van der Waals surface area contributed by atoms with Crippen molar-refractivity contribution in [2.75, 3.05) is 11.7 Å². The number of benzene rings is 1. The van der Waals surface area contributed by atoms with Crippen molar-refractivity contribution in [1.29, 1.82) is 0 Å². The molecule has 0 aliphatic carbocycles. The summed E-state index contributed by atoms with van der Waals surface area (Å²) in [5.74, 6) is 0.742. The maximum Gasteiger partial charge on any atom is 0.230 e. The van der Waals surface area contributed by atoms with Gasteiger partial charge in [0.05, 0.1) is 11.0 Å². The molecular weight excluding hydrogens is 228 g/mol. The summed E-state index contributed by atoms with van der Waals surface area (Å²) < 4.78 is 6.98. The van der Waals surface area contributed by atoms with E-state index in [1.807, 2.05) is 29.8 Å². The normalized spacial score (nSPS) is 14.8. The number of anilines is 1. The highest BCUT2D eigenvalue weighted by atomic mass is 35.5. The van der Waals surface area contributed by atoms with Crippen LogP contribution in [0.5, 0.6) is 0 Å². The molecule has 0 spiro atoms. The number of imidazole rings is 1. The van der Waals surface area contributed by atoms with Crippen molar-refractivity contribution < 1.29 is 4.74 Å². The summed E-state index contributed by atoms with van der Waals surface area (Å²) in [4.78, 5) is 4.47. The molecule has 0 fully saturated rings. The zero-order chi connectivity index (χ0) is 11.1.